The predicted octanol–water partition coefficient (Wildman–Crippen LogP) is 4.76. The van der Waals surface area contributed by atoms with Crippen molar-refractivity contribution < 1.29 is 19.1 Å². The van der Waals surface area contributed by atoms with Crippen molar-refractivity contribution in [3.05, 3.63) is 90.0 Å². The Bertz CT molecular complexity index is 1260. The quantitative estimate of drug-likeness (QED) is 0.348. The van der Waals surface area contributed by atoms with Crippen LogP contribution in [0.2, 0.25) is 0 Å². The van der Waals surface area contributed by atoms with Gasteiger partial charge >= 0.3 is 5.97 Å². The Hall–Kier alpha value is -3.62. The SMILES string of the molecule is COC(=O)C1CN(Cc2ccccc2-c2ccccc2)C(C)SC(NCc2ccc(OC)cc2)=NCC1=O. The molecule has 0 fully saturated rings. The van der Waals surface area contributed by atoms with Crippen LogP contribution in [0.5, 0.6) is 5.75 Å². The number of benzene rings is 3. The van der Waals surface area contributed by atoms with Crippen molar-refractivity contribution in [3.8, 4) is 16.9 Å². The fourth-order valence-electron chi connectivity index (χ4n) is 4.35. The molecule has 198 valence electrons. The van der Waals surface area contributed by atoms with Crippen LogP contribution in [0.1, 0.15) is 18.1 Å². The Balaban J connectivity index is 1.58. The lowest BCUT2D eigenvalue weighted by Gasteiger charge is -2.31. The van der Waals surface area contributed by atoms with Crippen molar-refractivity contribution in [2.75, 3.05) is 27.3 Å². The summed E-state index contributed by atoms with van der Waals surface area (Å²) in [6, 6.07) is 26.3. The van der Waals surface area contributed by atoms with E-state index in [1.807, 2.05) is 54.6 Å². The molecule has 1 aliphatic heterocycles. The minimum Gasteiger partial charge on any atom is -0.497 e. The molecular weight excluding hydrogens is 498 g/mol. The molecule has 0 aromatic heterocycles. The molecular formula is C30H33N3O4S. The largest absolute Gasteiger partial charge is 0.497 e. The number of Topliss-reactive ketones (excluding diaryl/α,β-unsaturated/α-hetero) is 1. The average molecular weight is 532 g/mol. The first-order valence-corrected chi connectivity index (χ1v) is 13.4. The summed E-state index contributed by atoms with van der Waals surface area (Å²) in [6.07, 6.45) is 0. The number of hydrogen-bond acceptors (Lipinski definition) is 8. The molecule has 7 nitrogen and oxygen atoms in total. The highest BCUT2D eigenvalue weighted by Crippen LogP contribution is 2.28. The molecule has 0 saturated carbocycles. The lowest BCUT2D eigenvalue weighted by molar-refractivity contribution is -0.150. The van der Waals surface area contributed by atoms with Gasteiger partial charge in [-0.25, -0.2) is 0 Å². The van der Waals surface area contributed by atoms with Crippen molar-refractivity contribution in [1.29, 1.82) is 0 Å². The number of aliphatic imine (C=N–C) groups is 1. The van der Waals surface area contributed by atoms with E-state index in [-0.39, 0.29) is 24.2 Å². The first kappa shape index (κ1) is 27.4. The van der Waals surface area contributed by atoms with Gasteiger partial charge in [0.15, 0.2) is 11.0 Å². The number of ketones is 1. The molecule has 0 radical (unpaired) electrons. The van der Waals surface area contributed by atoms with Gasteiger partial charge in [0.25, 0.3) is 0 Å². The van der Waals surface area contributed by atoms with E-state index >= 15 is 0 Å². The summed E-state index contributed by atoms with van der Waals surface area (Å²) in [7, 11) is 2.96. The van der Waals surface area contributed by atoms with Crippen LogP contribution < -0.4 is 10.1 Å². The van der Waals surface area contributed by atoms with Gasteiger partial charge < -0.3 is 14.8 Å². The summed E-state index contributed by atoms with van der Waals surface area (Å²) in [5, 5.41) is 3.97. The van der Waals surface area contributed by atoms with Crippen LogP contribution in [-0.2, 0) is 27.4 Å². The lowest BCUT2D eigenvalue weighted by atomic mass is 9.98. The maximum absolute atomic E-state index is 13.1. The molecule has 4 rings (SSSR count). The van der Waals surface area contributed by atoms with E-state index in [2.05, 4.69) is 46.4 Å². The smallest absolute Gasteiger partial charge is 0.317 e. The van der Waals surface area contributed by atoms with Crippen molar-refractivity contribution in [2.24, 2.45) is 10.9 Å². The van der Waals surface area contributed by atoms with E-state index in [4.69, 9.17) is 9.47 Å². The van der Waals surface area contributed by atoms with E-state index in [0.29, 0.717) is 18.3 Å². The third kappa shape index (κ3) is 7.02. The van der Waals surface area contributed by atoms with Gasteiger partial charge in [-0.3, -0.25) is 19.5 Å². The second-order valence-corrected chi connectivity index (χ2v) is 10.3. The molecule has 38 heavy (non-hydrogen) atoms. The second-order valence-electron chi connectivity index (χ2n) is 9.03. The standard InChI is InChI=1S/C30H33N3O4S/c1-21-33(19-24-11-7-8-12-26(24)23-9-5-4-6-10-23)20-27(29(35)37-3)28(34)18-32-30(38-21)31-17-22-13-15-25(36-2)16-14-22/h4-16,21,27H,17-20H2,1-3H3,(H,31,32). The highest BCUT2D eigenvalue weighted by Gasteiger charge is 2.33. The van der Waals surface area contributed by atoms with Gasteiger partial charge in [0.1, 0.15) is 18.2 Å². The number of thioether (sulfide) groups is 1. The van der Waals surface area contributed by atoms with Gasteiger partial charge in [-0.15, -0.1) is 0 Å². The maximum Gasteiger partial charge on any atom is 0.317 e. The predicted molar refractivity (Wildman–Crippen MR) is 152 cm³/mol. The summed E-state index contributed by atoms with van der Waals surface area (Å²) >= 11 is 1.55. The Kier molecular flexibility index (Phi) is 9.56. The number of carbonyl (C=O) groups excluding carboxylic acids is 2. The van der Waals surface area contributed by atoms with Crippen LogP contribution in [0.3, 0.4) is 0 Å². The zero-order valence-electron chi connectivity index (χ0n) is 21.9. The number of nitrogens with one attached hydrogen (secondary N) is 1. The third-order valence-electron chi connectivity index (χ3n) is 6.54. The minimum absolute atomic E-state index is 0.0704. The number of carbonyl (C=O) groups is 2. The van der Waals surface area contributed by atoms with Crippen LogP contribution in [0.15, 0.2) is 83.9 Å². The number of rotatable bonds is 7. The van der Waals surface area contributed by atoms with Crippen LogP contribution in [-0.4, -0.2) is 54.5 Å². The molecule has 0 aliphatic carbocycles. The summed E-state index contributed by atoms with van der Waals surface area (Å²) in [6.45, 7) is 3.35. The Labute approximate surface area is 228 Å². The van der Waals surface area contributed by atoms with E-state index in [1.165, 1.54) is 7.11 Å². The molecule has 0 amide bonds. The van der Waals surface area contributed by atoms with E-state index < -0.39 is 11.9 Å². The van der Waals surface area contributed by atoms with Crippen molar-refractivity contribution in [3.63, 3.8) is 0 Å². The molecule has 3 aromatic carbocycles. The molecule has 0 saturated heterocycles. The maximum atomic E-state index is 13.1. The Morgan fingerprint density at radius 2 is 1.74 bits per heavy atom. The van der Waals surface area contributed by atoms with Gasteiger partial charge in [0.05, 0.1) is 19.6 Å². The van der Waals surface area contributed by atoms with E-state index in [0.717, 1.165) is 28.0 Å². The fraction of sp³-hybridized carbons (Fsp3) is 0.300. The van der Waals surface area contributed by atoms with Crippen LogP contribution in [0, 0.1) is 5.92 Å². The number of hydrogen-bond donors (Lipinski definition) is 1. The first-order valence-electron chi connectivity index (χ1n) is 12.5. The summed E-state index contributed by atoms with van der Waals surface area (Å²) < 4.78 is 10.2. The summed E-state index contributed by atoms with van der Waals surface area (Å²) in [4.78, 5) is 32.5. The normalized spacial score (nSPS) is 18.5. The van der Waals surface area contributed by atoms with Gasteiger partial charge in [-0.1, -0.05) is 78.5 Å². The lowest BCUT2D eigenvalue weighted by Crippen LogP contribution is -2.41. The molecule has 1 N–H and O–H groups in total. The molecule has 3 aromatic rings. The monoisotopic (exact) mass is 531 g/mol. The van der Waals surface area contributed by atoms with E-state index in [1.54, 1.807) is 18.9 Å². The minimum atomic E-state index is -0.906. The molecule has 8 heteroatoms. The topological polar surface area (TPSA) is 80.2 Å². The molecule has 1 heterocycles. The van der Waals surface area contributed by atoms with Crippen molar-refractivity contribution >= 4 is 28.7 Å². The number of esters is 1. The third-order valence-corrected chi connectivity index (χ3v) is 7.68. The molecule has 2 atom stereocenters. The van der Waals surface area contributed by atoms with Crippen molar-refractivity contribution in [2.45, 2.75) is 25.4 Å². The van der Waals surface area contributed by atoms with Crippen LogP contribution in [0.25, 0.3) is 11.1 Å². The van der Waals surface area contributed by atoms with E-state index in [9.17, 15) is 9.59 Å². The number of ether oxygens (including phenoxy) is 2. The Morgan fingerprint density at radius 1 is 1.03 bits per heavy atom. The van der Waals surface area contributed by atoms with Crippen LogP contribution >= 0.6 is 11.8 Å². The molecule has 0 bridgehead atoms. The summed E-state index contributed by atoms with van der Waals surface area (Å²) in [5.41, 5.74) is 4.43. The molecule has 2 unspecified atom stereocenters. The van der Waals surface area contributed by atoms with Gasteiger partial charge in [0.2, 0.25) is 0 Å². The number of amidine groups is 1. The first-order chi connectivity index (χ1) is 18.5. The number of nitrogens with zero attached hydrogens (tertiary/aromatic N) is 2. The zero-order valence-corrected chi connectivity index (χ0v) is 22.7. The highest BCUT2D eigenvalue weighted by molar-refractivity contribution is 8.14. The molecule has 1 aliphatic rings. The second kappa shape index (κ2) is 13.3. The number of methoxy groups -OCH3 is 2. The fourth-order valence-corrected chi connectivity index (χ4v) is 5.28. The van der Waals surface area contributed by atoms with Gasteiger partial charge in [-0.2, -0.15) is 0 Å². The highest BCUT2D eigenvalue weighted by atomic mass is 32.2. The van der Waals surface area contributed by atoms with Gasteiger partial charge in [-0.05, 0) is 41.3 Å². The zero-order chi connectivity index (χ0) is 26.9. The van der Waals surface area contributed by atoms with Gasteiger partial charge in [0, 0.05) is 19.6 Å². The Morgan fingerprint density at radius 3 is 2.45 bits per heavy atom. The van der Waals surface area contributed by atoms with Crippen molar-refractivity contribution in [1.82, 2.24) is 10.2 Å². The summed E-state index contributed by atoms with van der Waals surface area (Å²) in [5.74, 6) is -0.894. The molecule has 0 spiro atoms. The van der Waals surface area contributed by atoms with Crippen LogP contribution in [0.4, 0.5) is 0 Å². The average Bonchev–Trinajstić information content (AvgIpc) is 3.01.